The van der Waals surface area contributed by atoms with Crippen molar-refractivity contribution in [1.82, 2.24) is 10.2 Å². The van der Waals surface area contributed by atoms with Crippen molar-refractivity contribution in [3.05, 3.63) is 99.6 Å². The summed E-state index contributed by atoms with van der Waals surface area (Å²) in [5.41, 5.74) is 2.62. The molecule has 0 aromatic heterocycles. The van der Waals surface area contributed by atoms with Gasteiger partial charge in [-0.1, -0.05) is 54.6 Å². The summed E-state index contributed by atoms with van der Waals surface area (Å²) in [5.74, 6) is -0.390. The van der Waals surface area contributed by atoms with Crippen LogP contribution >= 0.6 is 0 Å². The Balaban J connectivity index is 1.90. The van der Waals surface area contributed by atoms with Gasteiger partial charge in [0.1, 0.15) is 11.8 Å². The zero-order chi connectivity index (χ0) is 26.8. The van der Waals surface area contributed by atoms with E-state index in [0.717, 1.165) is 16.7 Å². The van der Waals surface area contributed by atoms with E-state index in [9.17, 15) is 19.7 Å². The van der Waals surface area contributed by atoms with Crippen molar-refractivity contribution >= 4 is 17.5 Å². The SMILES string of the molecule is CCNC(=O)C(Cc1ccccc1)N(Cc1ccccc1C)C(=O)COc1ccc([N+](=O)[O-])c(OC)c1. The molecular weight excluding hydrogens is 474 g/mol. The summed E-state index contributed by atoms with van der Waals surface area (Å²) >= 11 is 0. The summed E-state index contributed by atoms with van der Waals surface area (Å²) in [4.78, 5) is 38.9. The smallest absolute Gasteiger partial charge is 0.311 e. The fourth-order valence-corrected chi connectivity index (χ4v) is 3.94. The molecule has 2 amide bonds. The topological polar surface area (TPSA) is 111 Å². The number of nitro groups is 1. The van der Waals surface area contributed by atoms with Crippen LogP contribution in [0.25, 0.3) is 0 Å². The Morgan fingerprint density at radius 1 is 1.05 bits per heavy atom. The number of hydrogen-bond acceptors (Lipinski definition) is 6. The average Bonchev–Trinajstić information content (AvgIpc) is 2.90. The van der Waals surface area contributed by atoms with Gasteiger partial charge in [0.2, 0.25) is 11.7 Å². The highest BCUT2D eigenvalue weighted by Crippen LogP contribution is 2.31. The third kappa shape index (κ3) is 7.30. The van der Waals surface area contributed by atoms with Crippen LogP contribution in [0.4, 0.5) is 5.69 Å². The highest BCUT2D eigenvalue weighted by Gasteiger charge is 2.31. The van der Waals surface area contributed by atoms with Gasteiger partial charge >= 0.3 is 5.69 Å². The van der Waals surface area contributed by atoms with Crippen molar-refractivity contribution in [2.75, 3.05) is 20.3 Å². The number of carbonyl (C=O) groups excluding carboxylic acids is 2. The Morgan fingerprint density at radius 3 is 2.41 bits per heavy atom. The number of aryl methyl sites for hydroxylation is 1. The number of amides is 2. The highest BCUT2D eigenvalue weighted by molar-refractivity contribution is 5.88. The Bertz CT molecular complexity index is 1230. The molecule has 0 spiro atoms. The maximum atomic E-state index is 13.6. The molecule has 0 saturated heterocycles. The van der Waals surface area contributed by atoms with E-state index in [0.29, 0.717) is 13.0 Å². The lowest BCUT2D eigenvalue weighted by Crippen LogP contribution is -2.51. The normalized spacial score (nSPS) is 11.3. The van der Waals surface area contributed by atoms with Crippen molar-refractivity contribution in [3.8, 4) is 11.5 Å². The van der Waals surface area contributed by atoms with Crippen molar-refractivity contribution in [2.24, 2.45) is 0 Å². The van der Waals surface area contributed by atoms with Crippen LogP contribution in [0.3, 0.4) is 0 Å². The number of methoxy groups -OCH3 is 1. The lowest BCUT2D eigenvalue weighted by molar-refractivity contribution is -0.385. The molecule has 1 unspecified atom stereocenters. The second-order valence-corrected chi connectivity index (χ2v) is 8.43. The molecule has 9 nitrogen and oxygen atoms in total. The molecule has 0 saturated carbocycles. The molecule has 3 aromatic carbocycles. The minimum absolute atomic E-state index is 0.0241. The summed E-state index contributed by atoms with van der Waals surface area (Å²) in [6, 6.07) is 20.5. The first kappa shape index (κ1) is 27.2. The second-order valence-electron chi connectivity index (χ2n) is 8.43. The summed E-state index contributed by atoms with van der Waals surface area (Å²) in [6.45, 7) is 4.06. The molecule has 0 fully saturated rings. The van der Waals surface area contributed by atoms with E-state index >= 15 is 0 Å². The predicted octanol–water partition coefficient (Wildman–Crippen LogP) is 4.07. The van der Waals surface area contributed by atoms with Crippen molar-refractivity contribution in [2.45, 2.75) is 32.9 Å². The molecule has 9 heteroatoms. The standard InChI is InChI=1S/C28H31N3O6/c1-4-29-28(33)25(16-21-11-6-5-7-12-21)30(18-22-13-9-8-10-20(22)2)27(32)19-37-23-14-15-24(31(34)35)26(17-23)36-3/h5-15,17,25H,4,16,18-19H2,1-3H3,(H,29,33). The Labute approximate surface area is 216 Å². The van der Waals surface area contributed by atoms with E-state index in [4.69, 9.17) is 9.47 Å². The second kappa shape index (κ2) is 13.1. The van der Waals surface area contributed by atoms with Gasteiger partial charge in [0.25, 0.3) is 5.91 Å². The average molecular weight is 506 g/mol. The van der Waals surface area contributed by atoms with E-state index in [1.165, 1.54) is 30.2 Å². The van der Waals surface area contributed by atoms with Crippen molar-refractivity contribution < 1.29 is 24.0 Å². The predicted molar refractivity (Wildman–Crippen MR) is 139 cm³/mol. The number of nitrogens with zero attached hydrogens (tertiary/aromatic N) is 2. The highest BCUT2D eigenvalue weighted by atomic mass is 16.6. The number of benzene rings is 3. The first-order chi connectivity index (χ1) is 17.8. The molecule has 37 heavy (non-hydrogen) atoms. The van der Waals surface area contributed by atoms with Gasteiger partial charge in [-0.05, 0) is 36.6 Å². The van der Waals surface area contributed by atoms with Crippen LogP contribution in [0, 0.1) is 17.0 Å². The molecule has 0 aliphatic carbocycles. The molecule has 3 aromatic rings. The molecular formula is C28H31N3O6. The zero-order valence-electron chi connectivity index (χ0n) is 21.2. The number of carbonyl (C=O) groups is 2. The van der Waals surface area contributed by atoms with Gasteiger partial charge in [0, 0.05) is 31.6 Å². The van der Waals surface area contributed by atoms with Gasteiger partial charge in [-0.3, -0.25) is 19.7 Å². The van der Waals surface area contributed by atoms with E-state index < -0.39 is 16.9 Å². The Morgan fingerprint density at radius 2 is 1.76 bits per heavy atom. The van der Waals surface area contributed by atoms with Crippen LogP contribution in [-0.4, -0.2) is 47.9 Å². The lowest BCUT2D eigenvalue weighted by Gasteiger charge is -2.31. The fraction of sp³-hybridized carbons (Fsp3) is 0.286. The Kier molecular flexibility index (Phi) is 9.60. The zero-order valence-corrected chi connectivity index (χ0v) is 21.2. The van der Waals surface area contributed by atoms with E-state index in [1.807, 2.05) is 68.4 Å². The number of hydrogen-bond donors (Lipinski definition) is 1. The van der Waals surface area contributed by atoms with Gasteiger partial charge in [-0.25, -0.2) is 0 Å². The molecule has 3 rings (SSSR count). The molecule has 0 radical (unpaired) electrons. The number of likely N-dealkylation sites (N-methyl/N-ethyl adjacent to an activating group) is 1. The largest absolute Gasteiger partial charge is 0.490 e. The van der Waals surface area contributed by atoms with Crippen LogP contribution in [0.15, 0.2) is 72.8 Å². The molecule has 194 valence electrons. The van der Waals surface area contributed by atoms with E-state index in [-0.39, 0.29) is 36.2 Å². The molecule has 0 aliphatic heterocycles. The molecule has 1 atom stereocenters. The van der Waals surface area contributed by atoms with Gasteiger partial charge in [0.05, 0.1) is 12.0 Å². The van der Waals surface area contributed by atoms with Gasteiger partial charge in [-0.2, -0.15) is 0 Å². The monoisotopic (exact) mass is 505 g/mol. The first-order valence-electron chi connectivity index (χ1n) is 11.9. The fourth-order valence-electron chi connectivity index (χ4n) is 3.94. The lowest BCUT2D eigenvalue weighted by atomic mass is 10.0. The third-order valence-corrected chi connectivity index (χ3v) is 5.93. The number of nitro benzene ring substituents is 1. The third-order valence-electron chi connectivity index (χ3n) is 5.93. The minimum atomic E-state index is -0.774. The maximum absolute atomic E-state index is 13.6. The van der Waals surface area contributed by atoms with Crippen LogP contribution < -0.4 is 14.8 Å². The van der Waals surface area contributed by atoms with Gasteiger partial charge in [0.15, 0.2) is 6.61 Å². The summed E-state index contributed by atoms with van der Waals surface area (Å²) < 4.78 is 10.8. The van der Waals surface area contributed by atoms with Crippen molar-refractivity contribution in [1.29, 1.82) is 0 Å². The Hall–Kier alpha value is -4.40. The molecule has 0 aliphatic rings. The number of rotatable bonds is 12. The quantitative estimate of drug-likeness (QED) is 0.293. The van der Waals surface area contributed by atoms with E-state index in [1.54, 1.807) is 0 Å². The van der Waals surface area contributed by atoms with Crippen LogP contribution in [-0.2, 0) is 22.6 Å². The molecule has 0 bridgehead atoms. The summed E-state index contributed by atoms with van der Waals surface area (Å²) in [5, 5.41) is 14.0. The summed E-state index contributed by atoms with van der Waals surface area (Å²) in [7, 11) is 1.32. The van der Waals surface area contributed by atoms with E-state index in [2.05, 4.69) is 5.32 Å². The maximum Gasteiger partial charge on any atom is 0.311 e. The number of nitrogens with one attached hydrogen (secondary N) is 1. The molecule has 0 heterocycles. The summed E-state index contributed by atoms with van der Waals surface area (Å²) in [6.07, 6.45) is 0.329. The molecule has 1 N–H and O–H groups in total. The minimum Gasteiger partial charge on any atom is -0.490 e. The first-order valence-corrected chi connectivity index (χ1v) is 11.9. The van der Waals surface area contributed by atoms with Crippen molar-refractivity contribution in [3.63, 3.8) is 0 Å². The van der Waals surface area contributed by atoms with Gasteiger partial charge in [-0.15, -0.1) is 0 Å². The van der Waals surface area contributed by atoms with Crippen LogP contribution in [0.1, 0.15) is 23.6 Å². The van der Waals surface area contributed by atoms with Crippen LogP contribution in [0.2, 0.25) is 0 Å². The number of ether oxygens (including phenoxy) is 2. The van der Waals surface area contributed by atoms with Crippen LogP contribution in [0.5, 0.6) is 11.5 Å². The van der Waals surface area contributed by atoms with Gasteiger partial charge < -0.3 is 19.7 Å².